The Morgan fingerprint density at radius 1 is 0.955 bits per heavy atom. The average Bonchev–Trinajstić information content (AvgIpc) is 2.97. The quantitative estimate of drug-likeness (QED) is 0.600. The van der Waals surface area contributed by atoms with E-state index >= 15 is 0 Å². The lowest BCUT2D eigenvalue weighted by Crippen LogP contribution is -2.27. The molecule has 5 heteroatoms. The largest absolute Gasteiger partial charge is 0.345 e. The van der Waals surface area contributed by atoms with Crippen LogP contribution >= 0.6 is 0 Å². The minimum Gasteiger partial charge on any atom is -0.345 e. The third-order valence-electron chi connectivity index (χ3n) is 3.95. The highest BCUT2D eigenvalue weighted by Gasteiger charge is 2.23. The van der Waals surface area contributed by atoms with Crippen molar-refractivity contribution < 1.29 is 14.8 Å². The molecule has 0 saturated heterocycles. The molecule has 3 rings (SSSR count). The first-order valence-electron chi connectivity index (χ1n) is 7.12. The van der Waals surface area contributed by atoms with Crippen LogP contribution in [0.15, 0.2) is 48.5 Å². The summed E-state index contributed by atoms with van der Waals surface area (Å²) in [6, 6.07) is 14.3. The molecule has 2 amide bonds. The van der Waals surface area contributed by atoms with E-state index in [9.17, 15) is 9.59 Å². The highest BCUT2D eigenvalue weighted by Crippen LogP contribution is 2.30. The first-order valence-corrected chi connectivity index (χ1v) is 7.12. The van der Waals surface area contributed by atoms with Crippen LogP contribution in [-0.4, -0.2) is 17.0 Å². The van der Waals surface area contributed by atoms with Gasteiger partial charge in [-0.05, 0) is 48.2 Å². The van der Waals surface area contributed by atoms with E-state index in [1.807, 2.05) is 18.2 Å². The van der Waals surface area contributed by atoms with Gasteiger partial charge in [0.2, 0.25) is 0 Å². The van der Waals surface area contributed by atoms with Gasteiger partial charge in [-0.1, -0.05) is 24.3 Å². The molecule has 0 aliphatic heterocycles. The van der Waals surface area contributed by atoms with E-state index in [2.05, 4.69) is 11.4 Å². The molecule has 0 heterocycles. The van der Waals surface area contributed by atoms with E-state index < -0.39 is 5.91 Å². The molecule has 0 bridgehead atoms. The van der Waals surface area contributed by atoms with Crippen LogP contribution in [0, 0.1) is 0 Å². The molecule has 0 radical (unpaired) electrons. The second-order valence-corrected chi connectivity index (χ2v) is 5.28. The Balaban J connectivity index is 1.72. The second-order valence-electron chi connectivity index (χ2n) is 5.28. The van der Waals surface area contributed by atoms with Gasteiger partial charge in [-0.25, -0.2) is 5.48 Å². The first-order chi connectivity index (χ1) is 10.7. The normalized spacial score (nSPS) is 16.0. The number of carbonyl (C=O) groups is 2. The van der Waals surface area contributed by atoms with Crippen molar-refractivity contribution in [3.05, 3.63) is 70.8 Å². The molecule has 5 nitrogen and oxygen atoms in total. The number of hydrogen-bond donors (Lipinski definition) is 3. The number of fused-ring (bicyclic) bond motifs is 1. The van der Waals surface area contributed by atoms with Crippen LogP contribution in [-0.2, 0) is 6.42 Å². The van der Waals surface area contributed by atoms with Crippen LogP contribution in [0.4, 0.5) is 0 Å². The van der Waals surface area contributed by atoms with E-state index in [4.69, 9.17) is 5.21 Å². The Hall–Kier alpha value is -2.66. The molecule has 1 atom stereocenters. The van der Waals surface area contributed by atoms with E-state index in [1.165, 1.54) is 23.3 Å². The van der Waals surface area contributed by atoms with E-state index in [1.54, 1.807) is 17.6 Å². The Morgan fingerprint density at radius 2 is 1.59 bits per heavy atom. The molecule has 0 spiro atoms. The number of aryl methyl sites for hydroxylation is 1. The lowest BCUT2D eigenvalue weighted by atomic mass is 10.1. The molecular formula is C17H16N2O3. The fourth-order valence-electron chi connectivity index (χ4n) is 2.79. The van der Waals surface area contributed by atoms with E-state index in [0.29, 0.717) is 11.1 Å². The number of carbonyl (C=O) groups excluding carboxylic acids is 2. The van der Waals surface area contributed by atoms with Gasteiger partial charge in [-0.15, -0.1) is 0 Å². The molecule has 1 aliphatic rings. The van der Waals surface area contributed by atoms with Crippen LogP contribution in [0.5, 0.6) is 0 Å². The minimum absolute atomic E-state index is 0.0316. The fourth-order valence-corrected chi connectivity index (χ4v) is 2.79. The maximum absolute atomic E-state index is 12.3. The predicted octanol–water partition coefficient (Wildman–Crippen LogP) is 2.22. The van der Waals surface area contributed by atoms with Crippen molar-refractivity contribution in [2.24, 2.45) is 0 Å². The molecule has 1 unspecified atom stereocenters. The Bertz CT molecular complexity index is 710. The highest BCUT2D eigenvalue weighted by atomic mass is 16.5. The Labute approximate surface area is 127 Å². The summed E-state index contributed by atoms with van der Waals surface area (Å²) < 4.78 is 0. The number of hydrogen-bond acceptors (Lipinski definition) is 3. The summed E-state index contributed by atoms with van der Waals surface area (Å²) in [5.74, 6) is -0.769. The van der Waals surface area contributed by atoms with E-state index in [-0.39, 0.29) is 11.9 Å². The minimum atomic E-state index is -0.600. The maximum Gasteiger partial charge on any atom is 0.274 e. The van der Waals surface area contributed by atoms with Gasteiger partial charge in [0.1, 0.15) is 0 Å². The zero-order chi connectivity index (χ0) is 15.5. The Morgan fingerprint density at radius 3 is 2.27 bits per heavy atom. The van der Waals surface area contributed by atoms with Gasteiger partial charge >= 0.3 is 0 Å². The smallest absolute Gasteiger partial charge is 0.274 e. The van der Waals surface area contributed by atoms with Gasteiger partial charge in [0.25, 0.3) is 11.8 Å². The third-order valence-corrected chi connectivity index (χ3v) is 3.95. The van der Waals surface area contributed by atoms with Crippen LogP contribution in [0.1, 0.15) is 44.3 Å². The molecular weight excluding hydrogens is 280 g/mol. The van der Waals surface area contributed by atoms with Crippen molar-refractivity contribution in [2.75, 3.05) is 0 Å². The molecule has 1 aliphatic carbocycles. The molecule has 3 N–H and O–H groups in total. The van der Waals surface area contributed by atoms with Crippen molar-refractivity contribution in [3.8, 4) is 0 Å². The summed E-state index contributed by atoms with van der Waals surface area (Å²) in [6.07, 6.45) is 1.87. The van der Waals surface area contributed by atoms with Crippen molar-refractivity contribution in [2.45, 2.75) is 18.9 Å². The lowest BCUT2D eigenvalue weighted by molar-refractivity contribution is 0.0706. The lowest BCUT2D eigenvalue weighted by Gasteiger charge is -2.14. The summed E-state index contributed by atoms with van der Waals surface area (Å²) in [6.45, 7) is 0. The van der Waals surface area contributed by atoms with Gasteiger partial charge < -0.3 is 5.32 Å². The summed E-state index contributed by atoms with van der Waals surface area (Å²) in [7, 11) is 0. The summed E-state index contributed by atoms with van der Waals surface area (Å²) in [5.41, 5.74) is 4.80. The fraction of sp³-hybridized carbons (Fsp3) is 0.176. The molecule has 2 aromatic carbocycles. The molecule has 2 aromatic rings. The molecule has 0 aromatic heterocycles. The van der Waals surface area contributed by atoms with Gasteiger partial charge in [-0.3, -0.25) is 14.8 Å². The van der Waals surface area contributed by atoms with Gasteiger partial charge in [-0.2, -0.15) is 0 Å². The number of rotatable bonds is 3. The molecule has 0 fully saturated rings. The zero-order valence-electron chi connectivity index (χ0n) is 11.9. The summed E-state index contributed by atoms with van der Waals surface area (Å²) in [5, 5.41) is 11.6. The standard InChI is InChI=1S/C17H16N2O3/c20-16(12-5-7-13(8-6-12)17(21)19-22)18-15-10-9-11-3-1-2-4-14(11)15/h1-8,15,22H,9-10H2,(H,18,20)(H,19,21). The number of hydroxylamine groups is 1. The van der Waals surface area contributed by atoms with Crippen LogP contribution < -0.4 is 10.8 Å². The van der Waals surface area contributed by atoms with Gasteiger partial charge in [0.05, 0.1) is 6.04 Å². The Kier molecular flexibility index (Phi) is 3.89. The predicted molar refractivity (Wildman–Crippen MR) is 80.7 cm³/mol. The van der Waals surface area contributed by atoms with Crippen LogP contribution in [0.3, 0.4) is 0 Å². The average molecular weight is 296 g/mol. The van der Waals surface area contributed by atoms with Crippen molar-refractivity contribution in [1.82, 2.24) is 10.8 Å². The molecule has 0 saturated carbocycles. The number of benzene rings is 2. The zero-order valence-corrected chi connectivity index (χ0v) is 11.9. The first kappa shape index (κ1) is 14.3. The monoisotopic (exact) mass is 296 g/mol. The maximum atomic E-state index is 12.3. The topological polar surface area (TPSA) is 78.4 Å². The van der Waals surface area contributed by atoms with Crippen molar-refractivity contribution in [1.29, 1.82) is 0 Å². The summed E-state index contributed by atoms with van der Waals surface area (Å²) >= 11 is 0. The molecule has 22 heavy (non-hydrogen) atoms. The van der Waals surface area contributed by atoms with Crippen molar-refractivity contribution in [3.63, 3.8) is 0 Å². The molecule has 112 valence electrons. The van der Waals surface area contributed by atoms with Crippen molar-refractivity contribution >= 4 is 11.8 Å². The SMILES string of the molecule is O=C(NO)c1ccc(C(=O)NC2CCc3ccccc32)cc1. The van der Waals surface area contributed by atoms with Gasteiger partial charge in [0, 0.05) is 11.1 Å². The van der Waals surface area contributed by atoms with E-state index in [0.717, 1.165) is 12.8 Å². The van der Waals surface area contributed by atoms with Gasteiger partial charge in [0.15, 0.2) is 0 Å². The van der Waals surface area contributed by atoms with Crippen LogP contribution in [0.2, 0.25) is 0 Å². The highest BCUT2D eigenvalue weighted by molar-refractivity contribution is 5.97. The summed E-state index contributed by atoms with van der Waals surface area (Å²) in [4.78, 5) is 23.5. The van der Waals surface area contributed by atoms with Crippen LogP contribution in [0.25, 0.3) is 0 Å². The second kappa shape index (κ2) is 5.99. The number of amides is 2. The third kappa shape index (κ3) is 2.71. The number of nitrogens with one attached hydrogen (secondary N) is 2.